The Bertz CT molecular complexity index is 1260. The van der Waals surface area contributed by atoms with Gasteiger partial charge in [0.05, 0.1) is 11.2 Å². The summed E-state index contributed by atoms with van der Waals surface area (Å²) < 4.78 is 30.0. The van der Waals surface area contributed by atoms with Crippen molar-refractivity contribution in [1.29, 1.82) is 0 Å². The monoisotopic (exact) mass is 408 g/mol. The predicted molar refractivity (Wildman–Crippen MR) is 108 cm³/mol. The Balaban J connectivity index is 1.93. The highest BCUT2D eigenvalue weighted by atomic mass is 19.3. The molecular weight excluding hydrogens is 390 g/mol. The molecule has 0 aliphatic rings. The van der Waals surface area contributed by atoms with Gasteiger partial charge in [-0.1, -0.05) is 0 Å². The second kappa shape index (κ2) is 7.25. The van der Waals surface area contributed by atoms with E-state index in [4.69, 9.17) is 0 Å². The molecule has 0 atom stereocenters. The number of nitrogens with one attached hydrogen (secondary N) is 1. The van der Waals surface area contributed by atoms with Crippen LogP contribution in [0.2, 0.25) is 0 Å². The third-order valence-electron chi connectivity index (χ3n) is 4.53. The normalized spacial score (nSPS) is 11.6. The van der Waals surface area contributed by atoms with E-state index in [1.807, 2.05) is 6.92 Å². The molecule has 1 N–H and O–H groups in total. The molecule has 9 heteroatoms. The van der Waals surface area contributed by atoms with Crippen LogP contribution in [0.4, 0.5) is 14.6 Å². The molecule has 4 rings (SSSR count). The number of hydrogen-bond acceptors (Lipinski definition) is 5. The fraction of sp³-hybridized carbons (Fsp3) is 0.190. The fourth-order valence-corrected chi connectivity index (χ4v) is 3.13. The van der Waals surface area contributed by atoms with Crippen molar-refractivity contribution < 1.29 is 13.6 Å². The Morgan fingerprint density at radius 2 is 1.97 bits per heavy atom. The Morgan fingerprint density at radius 1 is 1.17 bits per heavy atom. The zero-order chi connectivity index (χ0) is 21.5. The molecule has 152 valence electrons. The van der Waals surface area contributed by atoms with Gasteiger partial charge in [-0.25, -0.2) is 15.0 Å². The summed E-state index contributed by atoms with van der Waals surface area (Å²) in [6.07, 6.45) is 6.55. The standard InChI is InChI=1S/C21H18F2N6O/c1-12-10-24-6-4-15(12)16-8-19(28-20(27-16)21(3,22)23)29-7-5-14-11-25-18(9-17(14)29)26-13(2)30/h4-11H,1-3H3,(H,25,26,30). The summed E-state index contributed by atoms with van der Waals surface area (Å²) in [6, 6.07) is 6.84. The van der Waals surface area contributed by atoms with Crippen LogP contribution in [-0.4, -0.2) is 30.4 Å². The van der Waals surface area contributed by atoms with Crippen LogP contribution in [-0.2, 0) is 10.7 Å². The number of carbonyl (C=O) groups is 1. The van der Waals surface area contributed by atoms with Crippen LogP contribution in [0.1, 0.15) is 25.2 Å². The summed E-state index contributed by atoms with van der Waals surface area (Å²) in [5, 5.41) is 3.40. The second-order valence-corrected chi connectivity index (χ2v) is 7.01. The number of pyridine rings is 2. The van der Waals surface area contributed by atoms with Crippen LogP contribution < -0.4 is 5.32 Å². The summed E-state index contributed by atoms with van der Waals surface area (Å²) >= 11 is 0. The van der Waals surface area contributed by atoms with E-state index in [0.29, 0.717) is 22.6 Å². The average molecular weight is 408 g/mol. The van der Waals surface area contributed by atoms with Crippen molar-refractivity contribution in [2.45, 2.75) is 26.7 Å². The number of hydrogen-bond donors (Lipinski definition) is 1. The van der Waals surface area contributed by atoms with Crippen molar-refractivity contribution in [3.63, 3.8) is 0 Å². The molecular formula is C21H18F2N6O. The number of fused-ring (bicyclic) bond motifs is 1. The maximum Gasteiger partial charge on any atom is 0.303 e. The quantitative estimate of drug-likeness (QED) is 0.545. The minimum Gasteiger partial charge on any atom is -0.311 e. The van der Waals surface area contributed by atoms with Crippen LogP contribution in [0.3, 0.4) is 0 Å². The molecule has 0 aromatic carbocycles. The van der Waals surface area contributed by atoms with Crippen molar-refractivity contribution >= 4 is 22.6 Å². The number of amides is 1. The van der Waals surface area contributed by atoms with E-state index in [1.165, 1.54) is 6.92 Å². The Hall–Kier alpha value is -3.75. The molecule has 1 amide bonds. The largest absolute Gasteiger partial charge is 0.311 e. The summed E-state index contributed by atoms with van der Waals surface area (Å²) in [5.41, 5.74) is 2.53. The van der Waals surface area contributed by atoms with Crippen LogP contribution in [0, 0.1) is 6.92 Å². The first-order valence-corrected chi connectivity index (χ1v) is 9.16. The van der Waals surface area contributed by atoms with Crippen molar-refractivity contribution in [3.05, 3.63) is 60.4 Å². The lowest BCUT2D eigenvalue weighted by atomic mass is 10.1. The summed E-state index contributed by atoms with van der Waals surface area (Å²) in [7, 11) is 0. The van der Waals surface area contributed by atoms with E-state index in [2.05, 4.69) is 25.3 Å². The van der Waals surface area contributed by atoms with E-state index < -0.39 is 11.7 Å². The lowest BCUT2D eigenvalue weighted by molar-refractivity contribution is -0.114. The molecule has 0 aliphatic heterocycles. The lowest BCUT2D eigenvalue weighted by Crippen LogP contribution is -2.15. The van der Waals surface area contributed by atoms with Crippen molar-refractivity contribution in [1.82, 2.24) is 24.5 Å². The molecule has 0 fully saturated rings. The smallest absolute Gasteiger partial charge is 0.303 e. The fourth-order valence-electron chi connectivity index (χ4n) is 3.13. The van der Waals surface area contributed by atoms with E-state index in [9.17, 15) is 13.6 Å². The molecule has 0 saturated carbocycles. The maximum absolute atomic E-state index is 14.2. The highest BCUT2D eigenvalue weighted by Crippen LogP contribution is 2.30. The Morgan fingerprint density at radius 3 is 2.67 bits per heavy atom. The highest BCUT2D eigenvalue weighted by Gasteiger charge is 2.30. The molecule has 0 saturated heterocycles. The first kappa shape index (κ1) is 19.6. The van der Waals surface area contributed by atoms with Crippen molar-refractivity contribution in [2.24, 2.45) is 0 Å². The highest BCUT2D eigenvalue weighted by molar-refractivity contribution is 5.91. The number of halogens is 2. The topological polar surface area (TPSA) is 85.6 Å². The molecule has 4 aromatic heterocycles. The number of carbonyl (C=O) groups excluding carboxylic acids is 1. The minimum absolute atomic E-state index is 0.259. The second-order valence-electron chi connectivity index (χ2n) is 7.01. The molecule has 0 unspecified atom stereocenters. The van der Waals surface area contributed by atoms with Crippen LogP contribution >= 0.6 is 0 Å². The van der Waals surface area contributed by atoms with Crippen molar-refractivity contribution in [3.8, 4) is 17.1 Å². The van der Waals surface area contributed by atoms with Gasteiger partial charge in [-0.15, -0.1) is 0 Å². The molecule has 4 aromatic rings. The van der Waals surface area contributed by atoms with Gasteiger partial charge in [-0.05, 0) is 24.6 Å². The molecule has 30 heavy (non-hydrogen) atoms. The molecule has 0 radical (unpaired) electrons. The Labute approximate surface area is 170 Å². The van der Waals surface area contributed by atoms with E-state index in [-0.39, 0.29) is 11.7 Å². The molecule has 0 aliphatic carbocycles. The van der Waals surface area contributed by atoms with Gasteiger partial charge in [-0.2, -0.15) is 8.78 Å². The van der Waals surface area contributed by atoms with Gasteiger partial charge in [0.2, 0.25) is 11.7 Å². The number of rotatable bonds is 4. The van der Waals surface area contributed by atoms with Gasteiger partial charge < -0.3 is 9.88 Å². The molecule has 0 spiro atoms. The van der Waals surface area contributed by atoms with E-state index in [0.717, 1.165) is 17.9 Å². The number of alkyl halides is 2. The summed E-state index contributed by atoms with van der Waals surface area (Å²) in [4.78, 5) is 27.8. The third kappa shape index (κ3) is 3.73. The first-order valence-electron chi connectivity index (χ1n) is 9.16. The van der Waals surface area contributed by atoms with Crippen LogP contribution in [0.5, 0.6) is 0 Å². The Kier molecular flexibility index (Phi) is 4.73. The van der Waals surface area contributed by atoms with Gasteiger partial charge in [0, 0.05) is 61.7 Å². The van der Waals surface area contributed by atoms with E-state index >= 15 is 0 Å². The zero-order valence-electron chi connectivity index (χ0n) is 16.5. The maximum atomic E-state index is 14.2. The third-order valence-corrected chi connectivity index (χ3v) is 4.53. The van der Waals surface area contributed by atoms with Crippen molar-refractivity contribution in [2.75, 3.05) is 5.32 Å². The molecule has 7 nitrogen and oxygen atoms in total. The number of aryl methyl sites for hydroxylation is 1. The van der Waals surface area contributed by atoms with Crippen LogP contribution in [0.25, 0.3) is 28.0 Å². The molecule has 4 heterocycles. The van der Waals surface area contributed by atoms with Gasteiger partial charge in [0.25, 0.3) is 0 Å². The van der Waals surface area contributed by atoms with Gasteiger partial charge >= 0.3 is 5.92 Å². The predicted octanol–water partition coefficient (Wildman–Crippen LogP) is 4.26. The van der Waals surface area contributed by atoms with Gasteiger partial charge in [0.15, 0.2) is 0 Å². The minimum atomic E-state index is -3.22. The number of aromatic nitrogens is 5. The average Bonchev–Trinajstić information content (AvgIpc) is 3.10. The summed E-state index contributed by atoms with van der Waals surface area (Å²) in [5.74, 6) is -3.43. The van der Waals surface area contributed by atoms with E-state index in [1.54, 1.807) is 53.6 Å². The first-order chi connectivity index (χ1) is 14.2. The summed E-state index contributed by atoms with van der Waals surface area (Å²) in [6.45, 7) is 3.99. The van der Waals surface area contributed by atoms with Gasteiger partial charge in [0.1, 0.15) is 11.6 Å². The SMILES string of the molecule is CC(=O)Nc1cc2c(ccn2-c2cc(-c3ccncc3C)nc(C(C)(F)F)n2)cn1. The van der Waals surface area contributed by atoms with Crippen LogP contribution in [0.15, 0.2) is 49.1 Å². The lowest BCUT2D eigenvalue weighted by Gasteiger charge is -2.15. The zero-order valence-corrected chi connectivity index (χ0v) is 16.5. The van der Waals surface area contributed by atoms with Gasteiger partial charge in [-0.3, -0.25) is 9.78 Å². The number of nitrogens with zero attached hydrogens (tertiary/aromatic N) is 5. The number of anilines is 1. The molecule has 0 bridgehead atoms.